The average Bonchev–Trinajstić information content (AvgIpc) is 2.58. The minimum atomic E-state index is -3.02. The maximum atomic E-state index is 12.2. The molecule has 0 saturated carbocycles. The van der Waals surface area contributed by atoms with Crippen LogP contribution in [0.3, 0.4) is 0 Å². The molecule has 6 nitrogen and oxygen atoms in total. The van der Waals surface area contributed by atoms with Crippen LogP contribution in [0.25, 0.3) is 0 Å². The molecule has 0 bridgehead atoms. The Kier molecular flexibility index (Phi) is 7.76. The lowest BCUT2D eigenvalue weighted by molar-refractivity contribution is 0.190. The Bertz CT molecular complexity index is 566. The molecule has 2 aliphatic rings. The second-order valence-corrected chi connectivity index (χ2v) is 11.2. The molecule has 0 aromatic carbocycles. The van der Waals surface area contributed by atoms with Crippen LogP contribution in [0.1, 0.15) is 53.4 Å². The van der Waals surface area contributed by atoms with Crippen LogP contribution >= 0.6 is 0 Å². The van der Waals surface area contributed by atoms with Crippen molar-refractivity contribution >= 4 is 15.8 Å². The monoisotopic (exact) mass is 386 g/mol. The van der Waals surface area contributed by atoms with Crippen LogP contribution in [0.15, 0.2) is 4.99 Å². The summed E-state index contributed by atoms with van der Waals surface area (Å²) in [5.41, 5.74) is 0. The number of piperidine rings is 1. The molecule has 0 atom stereocenters. The SMILES string of the molecule is CCNC(=NCCCCN1CCC(C)CC1)N1CCS(=O)(=O)C(C)(C)C1. The highest BCUT2D eigenvalue weighted by molar-refractivity contribution is 7.92. The zero-order chi connectivity index (χ0) is 19.2. The van der Waals surface area contributed by atoms with Crippen molar-refractivity contribution in [1.82, 2.24) is 15.1 Å². The maximum Gasteiger partial charge on any atom is 0.193 e. The molecule has 0 unspecified atom stereocenters. The Morgan fingerprint density at radius 2 is 1.88 bits per heavy atom. The number of likely N-dealkylation sites (tertiary alicyclic amines) is 1. The standard InChI is InChI=1S/C19H38N4O2S/c1-5-20-18(23-14-15-26(24,25)19(3,4)16-23)21-10-6-7-11-22-12-8-17(2)9-13-22/h17H,5-16H2,1-4H3,(H,20,21). The van der Waals surface area contributed by atoms with Crippen LogP contribution in [0.2, 0.25) is 0 Å². The molecule has 0 amide bonds. The largest absolute Gasteiger partial charge is 0.357 e. The number of sulfone groups is 1. The number of hydrogen-bond donors (Lipinski definition) is 1. The van der Waals surface area contributed by atoms with Gasteiger partial charge in [0.05, 0.1) is 10.5 Å². The molecular weight excluding hydrogens is 348 g/mol. The van der Waals surface area contributed by atoms with Gasteiger partial charge in [-0.2, -0.15) is 0 Å². The molecule has 0 radical (unpaired) electrons. The quantitative estimate of drug-likeness (QED) is 0.430. The third kappa shape index (κ3) is 5.84. The van der Waals surface area contributed by atoms with Gasteiger partial charge < -0.3 is 15.1 Å². The number of unbranched alkanes of at least 4 members (excludes halogenated alkanes) is 1. The third-order valence-corrected chi connectivity index (χ3v) is 8.23. The molecule has 0 aromatic heterocycles. The molecule has 2 heterocycles. The first-order valence-electron chi connectivity index (χ1n) is 10.2. The Hall–Kier alpha value is -0.820. The van der Waals surface area contributed by atoms with Gasteiger partial charge in [-0.15, -0.1) is 0 Å². The summed E-state index contributed by atoms with van der Waals surface area (Å²) in [6.07, 6.45) is 4.92. The molecule has 2 rings (SSSR count). The first-order chi connectivity index (χ1) is 12.2. The van der Waals surface area contributed by atoms with E-state index < -0.39 is 14.6 Å². The summed E-state index contributed by atoms with van der Waals surface area (Å²) in [6.45, 7) is 14.3. The van der Waals surface area contributed by atoms with Gasteiger partial charge in [0.25, 0.3) is 0 Å². The van der Waals surface area contributed by atoms with Gasteiger partial charge >= 0.3 is 0 Å². The molecule has 2 fully saturated rings. The lowest BCUT2D eigenvalue weighted by atomic mass is 9.99. The number of nitrogens with zero attached hydrogens (tertiary/aromatic N) is 3. The number of hydrogen-bond acceptors (Lipinski definition) is 4. The molecule has 26 heavy (non-hydrogen) atoms. The van der Waals surface area contributed by atoms with Crippen LogP contribution in [-0.2, 0) is 9.84 Å². The summed E-state index contributed by atoms with van der Waals surface area (Å²) >= 11 is 0. The van der Waals surface area contributed by atoms with Crippen LogP contribution in [0.4, 0.5) is 0 Å². The number of guanidine groups is 1. The first-order valence-corrected chi connectivity index (χ1v) is 11.9. The van der Waals surface area contributed by atoms with Crippen LogP contribution in [0.5, 0.6) is 0 Å². The predicted octanol–water partition coefficient (Wildman–Crippen LogP) is 1.97. The van der Waals surface area contributed by atoms with Gasteiger partial charge in [-0.05, 0) is 72.0 Å². The highest BCUT2D eigenvalue weighted by atomic mass is 32.2. The lowest BCUT2D eigenvalue weighted by Crippen LogP contribution is -2.57. The number of nitrogens with one attached hydrogen (secondary N) is 1. The fourth-order valence-electron chi connectivity index (χ4n) is 3.67. The smallest absolute Gasteiger partial charge is 0.193 e. The van der Waals surface area contributed by atoms with E-state index in [0.717, 1.165) is 31.4 Å². The Balaban J connectivity index is 1.79. The average molecular weight is 387 g/mol. The van der Waals surface area contributed by atoms with Crippen molar-refractivity contribution in [3.63, 3.8) is 0 Å². The van der Waals surface area contributed by atoms with Crippen molar-refractivity contribution in [3.8, 4) is 0 Å². The zero-order valence-electron chi connectivity index (χ0n) is 17.1. The third-order valence-electron chi connectivity index (χ3n) is 5.70. The fourth-order valence-corrected chi connectivity index (χ4v) is 5.03. The molecule has 1 N–H and O–H groups in total. The van der Waals surface area contributed by atoms with Crippen LogP contribution in [-0.4, -0.2) is 80.5 Å². The molecule has 0 aliphatic carbocycles. The highest BCUT2D eigenvalue weighted by Crippen LogP contribution is 2.23. The Morgan fingerprint density at radius 3 is 2.50 bits per heavy atom. The molecule has 152 valence electrons. The number of rotatable bonds is 6. The minimum Gasteiger partial charge on any atom is -0.357 e. The predicted molar refractivity (Wildman–Crippen MR) is 109 cm³/mol. The van der Waals surface area contributed by atoms with E-state index in [1.807, 2.05) is 13.8 Å². The summed E-state index contributed by atoms with van der Waals surface area (Å²) in [4.78, 5) is 9.45. The van der Waals surface area contributed by atoms with Gasteiger partial charge in [-0.25, -0.2) is 8.42 Å². The second-order valence-electron chi connectivity index (χ2n) is 8.47. The van der Waals surface area contributed by atoms with E-state index in [4.69, 9.17) is 4.99 Å². The Morgan fingerprint density at radius 1 is 1.19 bits per heavy atom. The van der Waals surface area contributed by atoms with Crippen molar-refractivity contribution in [1.29, 1.82) is 0 Å². The molecule has 2 saturated heterocycles. The van der Waals surface area contributed by atoms with Crippen molar-refractivity contribution in [2.24, 2.45) is 10.9 Å². The first kappa shape index (κ1) is 21.5. The van der Waals surface area contributed by atoms with Crippen LogP contribution < -0.4 is 5.32 Å². The van der Waals surface area contributed by atoms with E-state index in [1.165, 1.54) is 38.9 Å². The second kappa shape index (κ2) is 9.40. The van der Waals surface area contributed by atoms with E-state index in [2.05, 4.69) is 29.0 Å². The van der Waals surface area contributed by atoms with E-state index in [0.29, 0.717) is 13.1 Å². The zero-order valence-corrected chi connectivity index (χ0v) is 17.9. The maximum absolute atomic E-state index is 12.2. The summed E-state index contributed by atoms with van der Waals surface area (Å²) in [7, 11) is -3.02. The van der Waals surface area contributed by atoms with Gasteiger partial charge in [0.1, 0.15) is 0 Å². The van der Waals surface area contributed by atoms with Crippen LogP contribution in [0, 0.1) is 5.92 Å². The normalized spacial score (nSPS) is 24.6. The van der Waals surface area contributed by atoms with Crippen molar-refractivity contribution in [2.75, 3.05) is 51.6 Å². The summed E-state index contributed by atoms with van der Waals surface area (Å²) < 4.78 is 23.7. The highest BCUT2D eigenvalue weighted by Gasteiger charge is 2.40. The van der Waals surface area contributed by atoms with Gasteiger partial charge in [0.2, 0.25) is 0 Å². The fraction of sp³-hybridized carbons (Fsp3) is 0.947. The Labute approximate surface area is 160 Å². The minimum absolute atomic E-state index is 0.206. The summed E-state index contributed by atoms with van der Waals surface area (Å²) in [5.74, 6) is 1.95. The molecule has 0 spiro atoms. The van der Waals surface area contributed by atoms with E-state index in [9.17, 15) is 8.42 Å². The van der Waals surface area contributed by atoms with Crippen molar-refractivity contribution < 1.29 is 8.42 Å². The molecule has 0 aromatic rings. The topological polar surface area (TPSA) is 65.0 Å². The van der Waals surface area contributed by atoms with Gasteiger partial charge in [-0.1, -0.05) is 6.92 Å². The van der Waals surface area contributed by atoms with Crippen molar-refractivity contribution in [2.45, 2.75) is 58.1 Å². The van der Waals surface area contributed by atoms with Crippen molar-refractivity contribution in [3.05, 3.63) is 0 Å². The van der Waals surface area contributed by atoms with Gasteiger partial charge in [-0.3, -0.25) is 4.99 Å². The lowest BCUT2D eigenvalue weighted by Gasteiger charge is -2.39. The summed E-state index contributed by atoms with van der Waals surface area (Å²) in [5, 5.41) is 3.33. The van der Waals surface area contributed by atoms with Gasteiger partial charge in [0.15, 0.2) is 15.8 Å². The van der Waals surface area contributed by atoms with E-state index >= 15 is 0 Å². The molecular formula is C19H38N4O2S. The molecule has 2 aliphatic heterocycles. The van der Waals surface area contributed by atoms with Gasteiger partial charge in [0, 0.05) is 26.2 Å². The summed E-state index contributed by atoms with van der Waals surface area (Å²) in [6, 6.07) is 0. The van der Waals surface area contributed by atoms with E-state index in [-0.39, 0.29) is 5.75 Å². The number of aliphatic imine (C=N–C) groups is 1. The molecule has 7 heteroatoms. The van der Waals surface area contributed by atoms with E-state index in [1.54, 1.807) is 0 Å².